The van der Waals surface area contributed by atoms with E-state index in [2.05, 4.69) is 4.98 Å². The summed E-state index contributed by atoms with van der Waals surface area (Å²) in [5, 5.41) is 1.03. The maximum absolute atomic E-state index is 12.5. The number of benzene rings is 1. The van der Waals surface area contributed by atoms with Crippen LogP contribution in [-0.4, -0.2) is 23.2 Å². The van der Waals surface area contributed by atoms with E-state index in [-0.39, 0.29) is 5.97 Å². The molecule has 2 rings (SSSR count). The number of pyridine rings is 1. The highest BCUT2D eigenvalue weighted by atomic mass is 16.6. The maximum atomic E-state index is 12.5. The van der Waals surface area contributed by atoms with E-state index in [4.69, 9.17) is 9.47 Å². The standard InChI is InChI=1S/C19H25NO3.C2H6/c1-7-22-18(21)17(23-19(4,5)6)16-12(2)14-10-8-9-11-15(14)20-13(16)3;1-2/h8-11,17H,7H2,1-6H3;1-2H3/t17-;/m0./s1. The smallest absolute Gasteiger partial charge is 0.340 e. The number of aromatic nitrogens is 1. The summed E-state index contributed by atoms with van der Waals surface area (Å²) in [6, 6.07) is 7.92. The summed E-state index contributed by atoms with van der Waals surface area (Å²) < 4.78 is 11.3. The zero-order chi connectivity index (χ0) is 19.2. The molecule has 0 bridgehead atoms. The molecule has 0 N–H and O–H groups in total. The fraction of sp³-hybridized carbons (Fsp3) is 0.524. The van der Waals surface area contributed by atoms with Crippen LogP contribution in [0.3, 0.4) is 0 Å². The Morgan fingerprint density at radius 1 is 1.16 bits per heavy atom. The van der Waals surface area contributed by atoms with E-state index in [1.54, 1.807) is 6.92 Å². The Hall–Kier alpha value is -1.94. The number of carbonyl (C=O) groups excluding carboxylic acids is 1. The summed E-state index contributed by atoms with van der Waals surface area (Å²) in [6.07, 6.45) is -0.771. The summed E-state index contributed by atoms with van der Waals surface area (Å²) in [6.45, 7) is 15.8. The molecule has 1 aromatic carbocycles. The second-order valence-corrected chi connectivity index (χ2v) is 6.62. The predicted octanol–water partition coefficient (Wildman–Crippen LogP) is 5.30. The number of fused-ring (bicyclic) bond motifs is 1. The molecule has 0 aliphatic rings. The van der Waals surface area contributed by atoms with Crippen LogP contribution in [0.2, 0.25) is 0 Å². The van der Waals surface area contributed by atoms with Gasteiger partial charge < -0.3 is 9.47 Å². The van der Waals surface area contributed by atoms with Crippen molar-refractivity contribution in [2.45, 2.75) is 67.1 Å². The molecule has 0 unspecified atom stereocenters. The lowest BCUT2D eigenvalue weighted by atomic mass is 9.97. The number of hydrogen-bond donors (Lipinski definition) is 0. The predicted molar refractivity (Wildman–Crippen MR) is 103 cm³/mol. The molecule has 4 heteroatoms. The van der Waals surface area contributed by atoms with Gasteiger partial charge in [0.25, 0.3) is 0 Å². The Balaban J connectivity index is 0.00000151. The molecular formula is C21H31NO3. The van der Waals surface area contributed by atoms with Crippen molar-refractivity contribution in [3.05, 3.63) is 41.1 Å². The summed E-state index contributed by atoms with van der Waals surface area (Å²) >= 11 is 0. The molecule has 2 aromatic rings. The fourth-order valence-electron chi connectivity index (χ4n) is 2.73. The van der Waals surface area contributed by atoms with Gasteiger partial charge >= 0.3 is 5.97 Å². The van der Waals surface area contributed by atoms with E-state index in [9.17, 15) is 4.79 Å². The molecule has 0 saturated heterocycles. The molecule has 0 amide bonds. The largest absolute Gasteiger partial charge is 0.464 e. The van der Waals surface area contributed by atoms with Crippen molar-refractivity contribution in [3.63, 3.8) is 0 Å². The number of nitrogens with zero attached hydrogens (tertiary/aromatic N) is 1. The highest BCUT2D eigenvalue weighted by Crippen LogP contribution is 2.33. The van der Waals surface area contributed by atoms with Gasteiger partial charge in [0.15, 0.2) is 6.10 Å². The van der Waals surface area contributed by atoms with Crippen LogP contribution < -0.4 is 0 Å². The number of para-hydroxylation sites is 1. The molecule has 4 nitrogen and oxygen atoms in total. The minimum Gasteiger partial charge on any atom is -0.464 e. The molecule has 0 spiro atoms. The van der Waals surface area contributed by atoms with Gasteiger partial charge in [0.05, 0.1) is 17.7 Å². The van der Waals surface area contributed by atoms with Crippen LogP contribution in [-0.2, 0) is 14.3 Å². The topological polar surface area (TPSA) is 48.4 Å². The minimum atomic E-state index is -0.771. The Morgan fingerprint density at radius 3 is 2.32 bits per heavy atom. The van der Waals surface area contributed by atoms with Crippen molar-refractivity contribution in [3.8, 4) is 0 Å². The van der Waals surface area contributed by atoms with Gasteiger partial charge in [-0.15, -0.1) is 0 Å². The van der Waals surface area contributed by atoms with E-state index in [1.807, 2.05) is 72.7 Å². The second kappa shape index (κ2) is 8.95. The van der Waals surface area contributed by atoms with Crippen LogP contribution in [0.5, 0.6) is 0 Å². The minimum absolute atomic E-state index is 0.321. The van der Waals surface area contributed by atoms with Crippen molar-refractivity contribution >= 4 is 16.9 Å². The molecule has 1 aromatic heterocycles. The molecule has 1 heterocycles. The fourth-order valence-corrected chi connectivity index (χ4v) is 2.73. The maximum Gasteiger partial charge on any atom is 0.340 e. The number of hydrogen-bond acceptors (Lipinski definition) is 4. The van der Waals surface area contributed by atoms with Gasteiger partial charge in [-0.2, -0.15) is 0 Å². The lowest BCUT2D eigenvalue weighted by Gasteiger charge is -2.28. The van der Waals surface area contributed by atoms with E-state index >= 15 is 0 Å². The highest BCUT2D eigenvalue weighted by molar-refractivity contribution is 5.86. The van der Waals surface area contributed by atoms with E-state index in [1.165, 1.54) is 0 Å². The molecule has 0 aliphatic heterocycles. The van der Waals surface area contributed by atoms with Crippen LogP contribution in [0.15, 0.2) is 24.3 Å². The average Bonchev–Trinajstić information content (AvgIpc) is 2.55. The van der Waals surface area contributed by atoms with Crippen LogP contribution >= 0.6 is 0 Å². The normalized spacial score (nSPS) is 12.3. The third kappa shape index (κ3) is 5.27. The molecule has 0 fully saturated rings. The molecule has 0 saturated carbocycles. The van der Waals surface area contributed by atoms with Crippen molar-refractivity contribution in [2.75, 3.05) is 6.61 Å². The summed E-state index contributed by atoms with van der Waals surface area (Å²) in [7, 11) is 0. The third-order valence-electron chi connectivity index (χ3n) is 3.62. The lowest BCUT2D eigenvalue weighted by molar-refractivity contribution is -0.167. The van der Waals surface area contributed by atoms with E-state index in [0.29, 0.717) is 6.61 Å². The summed E-state index contributed by atoms with van der Waals surface area (Å²) in [5.41, 5.74) is 3.06. The molecule has 25 heavy (non-hydrogen) atoms. The van der Waals surface area contributed by atoms with Crippen LogP contribution in [0.25, 0.3) is 10.9 Å². The number of carbonyl (C=O) groups is 1. The van der Waals surface area contributed by atoms with Crippen molar-refractivity contribution in [1.29, 1.82) is 0 Å². The highest BCUT2D eigenvalue weighted by Gasteiger charge is 2.31. The Kier molecular flexibility index (Phi) is 7.56. The first-order valence-electron chi connectivity index (χ1n) is 8.95. The van der Waals surface area contributed by atoms with Crippen molar-refractivity contribution in [1.82, 2.24) is 4.98 Å². The van der Waals surface area contributed by atoms with Crippen LogP contribution in [0, 0.1) is 13.8 Å². The molecule has 138 valence electrons. The Labute approximate surface area is 151 Å². The van der Waals surface area contributed by atoms with Crippen LogP contribution in [0.1, 0.15) is 64.5 Å². The lowest BCUT2D eigenvalue weighted by Crippen LogP contribution is -2.30. The van der Waals surface area contributed by atoms with Crippen LogP contribution in [0.4, 0.5) is 0 Å². The Bertz CT molecular complexity index is 717. The quantitative estimate of drug-likeness (QED) is 0.706. The monoisotopic (exact) mass is 345 g/mol. The number of rotatable bonds is 4. The van der Waals surface area contributed by atoms with Gasteiger partial charge in [0.1, 0.15) is 0 Å². The summed E-state index contributed by atoms with van der Waals surface area (Å²) in [5.74, 6) is -0.370. The molecule has 0 radical (unpaired) electrons. The van der Waals surface area contributed by atoms with Crippen molar-refractivity contribution < 1.29 is 14.3 Å². The SMILES string of the molecule is CC.CCOC(=O)[C@@H](OC(C)(C)C)c1c(C)nc2ccccc2c1C. The van der Waals surface area contributed by atoms with Gasteiger partial charge in [-0.3, -0.25) is 4.98 Å². The zero-order valence-electron chi connectivity index (χ0n) is 16.8. The van der Waals surface area contributed by atoms with Gasteiger partial charge in [0.2, 0.25) is 0 Å². The van der Waals surface area contributed by atoms with Gasteiger partial charge in [-0.25, -0.2) is 4.79 Å². The van der Waals surface area contributed by atoms with Crippen molar-refractivity contribution in [2.24, 2.45) is 0 Å². The second-order valence-electron chi connectivity index (χ2n) is 6.62. The van der Waals surface area contributed by atoms with E-state index < -0.39 is 11.7 Å². The van der Waals surface area contributed by atoms with Gasteiger partial charge in [-0.1, -0.05) is 32.0 Å². The number of esters is 1. The molecule has 1 atom stereocenters. The van der Waals surface area contributed by atoms with Gasteiger partial charge in [-0.05, 0) is 53.2 Å². The first-order chi connectivity index (χ1) is 11.7. The first-order valence-corrected chi connectivity index (χ1v) is 8.95. The zero-order valence-corrected chi connectivity index (χ0v) is 16.8. The number of ether oxygens (including phenoxy) is 2. The molecular weight excluding hydrogens is 314 g/mol. The van der Waals surface area contributed by atoms with Gasteiger partial charge in [0, 0.05) is 16.6 Å². The molecule has 0 aliphatic carbocycles. The Morgan fingerprint density at radius 2 is 1.76 bits per heavy atom. The number of aryl methyl sites for hydroxylation is 2. The average molecular weight is 345 g/mol. The summed E-state index contributed by atoms with van der Waals surface area (Å²) in [4.78, 5) is 17.1. The van der Waals surface area contributed by atoms with E-state index in [0.717, 1.165) is 27.7 Å². The first kappa shape index (κ1) is 21.1. The third-order valence-corrected chi connectivity index (χ3v) is 3.62.